The Morgan fingerprint density at radius 2 is 2.33 bits per heavy atom. The molecule has 1 aliphatic heterocycles. The fourth-order valence-corrected chi connectivity index (χ4v) is 2.63. The van der Waals surface area contributed by atoms with Crippen molar-refractivity contribution in [2.24, 2.45) is 5.73 Å². The quantitative estimate of drug-likeness (QED) is 0.812. The van der Waals surface area contributed by atoms with Crippen molar-refractivity contribution in [1.82, 2.24) is 9.80 Å². The van der Waals surface area contributed by atoms with E-state index in [0.717, 1.165) is 5.56 Å². The second-order valence-electron chi connectivity index (χ2n) is 5.47. The summed E-state index contributed by atoms with van der Waals surface area (Å²) in [6, 6.07) is 1.56. The van der Waals surface area contributed by atoms with E-state index < -0.39 is 12.1 Å². The molecule has 1 fully saturated rings. The number of hydrogen-bond donors (Lipinski definition) is 1. The van der Waals surface area contributed by atoms with Crippen molar-refractivity contribution in [2.75, 3.05) is 26.7 Å². The van der Waals surface area contributed by atoms with Crippen LogP contribution in [0.2, 0.25) is 0 Å². The summed E-state index contributed by atoms with van der Waals surface area (Å²) in [4.78, 5) is 26.4. The van der Waals surface area contributed by atoms with E-state index in [1.54, 1.807) is 22.9 Å². The summed E-state index contributed by atoms with van der Waals surface area (Å²) < 4.78 is 18.4. The van der Waals surface area contributed by atoms with Crippen LogP contribution in [-0.2, 0) is 16.0 Å². The van der Waals surface area contributed by atoms with Crippen LogP contribution in [0.4, 0.5) is 4.39 Å². The van der Waals surface area contributed by atoms with Crippen molar-refractivity contribution in [3.63, 3.8) is 0 Å². The van der Waals surface area contributed by atoms with E-state index in [4.69, 9.17) is 10.2 Å². The lowest BCUT2D eigenvalue weighted by Gasteiger charge is -2.27. The van der Waals surface area contributed by atoms with Gasteiger partial charge in [0.2, 0.25) is 11.8 Å². The Hall–Kier alpha value is -1.89. The fraction of sp³-hybridized carbons (Fsp3) is 0.571. The van der Waals surface area contributed by atoms with Crippen molar-refractivity contribution in [1.29, 1.82) is 0 Å². The van der Waals surface area contributed by atoms with Crippen LogP contribution in [0.3, 0.4) is 0 Å². The molecule has 0 aromatic carbocycles. The molecule has 116 valence electrons. The zero-order valence-electron chi connectivity index (χ0n) is 12.0. The Morgan fingerprint density at radius 1 is 1.57 bits per heavy atom. The molecule has 0 unspecified atom stereocenters. The van der Waals surface area contributed by atoms with E-state index in [2.05, 4.69) is 0 Å². The number of alkyl halides is 1. The standard InChI is InChI=1S/C14H20FN3O3/c1-17(14(20)4-10-2-3-21-9-10)7-12-5-11(15)6-18(12)8-13(16)19/h2-3,9,11-12H,4-8H2,1H3,(H2,16,19)/t11-,12-/m0/s1. The number of likely N-dealkylation sites (N-methyl/N-ethyl adjacent to an activating group) is 1. The van der Waals surface area contributed by atoms with Gasteiger partial charge in [-0.05, 0) is 18.1 Å². The normalized spacial score (nSPS) is 22.4. The lowest BCUT2D eigenvalue weighted by atomic mass is 10.1. The molecule has 2 N–H and O–H groups in total. The van der Waals surface area contributed by atoms with Gasteiger partial charge >= 0.3 is 0 Å². The highest BCUT2D eigenvalue weighted by atomic mass is 19.1. The average Bonchev–Trinajstić information content (AvgIpc) is 2.99. The first-order valence-corrected chi connectivity index (χ1v) is 6.87. The number of carbonyl (C=O) groups excluding carboxylic acids is 2. The molecule has 2 amide bonds. The number of nitrogens with zero attached hydrogens (tertiary/aromatic N) is 2. The van der Waals surface area contributed by atoms with Crippen molar-refractivity contribution in [2.45, 2.75) is 25.1 Å². The number of halogens is 1. The smallest absolute Gasteiger partial charge is 0.231 e. The first-order valence-electron chi connectivity index (χ1n) is 6.87. The molecular weight excluding hydrogens is 277 g/mol. The molecule has 0 aliphatic carbocycles. The van der Waals surface area contributed by atoms with Crippen LogP contribution in [-0.4, -0.2) is 60.5 Å². The van der Waals surface area contributed by atoms with Gasteiger partial charge < -0.3 is 15.1 Å². The number of furan rings is 1. The molecule has 21 heavy (non-hydrogen) atoms. The highest BCUT2D eigenvalue weighted by molar-refractivity contribution is 5.78. The molecule has 2 atom stereocenters. The summed E-state index contributed by atoms with van der Waals surface area (Å²) in [5.74, 6) is -0.556. The molecule has 0 radical (unpaired) electrons. The number of amides is 2. The van der Waals surface area contributed by atoms with Gasteiger partial charge in [0.1, 0.15) is 6.17 Å². The number of nitrogens with two attached hydrogens (primary N) is 1. The Labute approximate surface area is 122 Å². The monoisotopic (exact) mass is 297 g/mol. The highest BCUT2D eigenvalue weighted by Gasteiger charge is 2.34. The van der Waals surface area contributed by atoms with Crippen molar-refractivity contribution in [3.8, 4) is 0 Å². The molecule has 0 saturated carbocycles. The Balaban J connectivity index is 1.89. The molecule has 0 bridgehead atoms. The first kappa shape index (κ1) is 15.5. The van der Waals surface area contributed by atoms with E-state index >= 15 is 0 Å². The van der Waals surface area contributed by atoms with Gasteiger partial charge in [-0.25, -0.2) is 4.39 Å². The number of hydrogen-bond acceptors (Lipinski definition) is 4. The second kappa shape index (κ2) is 6.71. The number of likely N-dealkylation sites (tertiary alicyclic amines) is 1. The van der Waals surface area contributed by atoms with Crippen LogP contribution in [0, 0.1) is 0 Å². The molecule has 0 spiro atoms. The molecule has 1 aromatic rings. The van der Waals surface area contributed by atoms with E-state index in [1.165, 1.54) is 12.5 Å². The molecule has 1 aliphatic rings. The molecule has 2 rings (SSSR count). The summed E-state index contributed by atoms with van der Waals surface area (Å²) >= 11 is 0. The minimum atomic E-state index is -0.980. The zero-order chi connectivity index (χ0) is 15.4. The van der Waals surface area contributed by atoms with Gasteiger partial charge in [-0.15, -0.1) is 0 Å². The minimum Gasteiger partial charge on any atom is -0.472 e. The van der Waals surface area contributed by atoms with Crippen LogP contribution in [0.5, 0.6) is 0 Å². The van der Waals surface area contributed by atoms with E-state index in [-0.39, 0.29) is 31.5 Å². The SMILES string of the molecule is CN(C[C@@H]1C[C@H](F)CN1CC(N)=O)C(=O)Cc1ccoc1. The maximum atomic E-state index is 13.5. The van der Waals surface area contributed by atoms with Gasteiger partial charge in [-0.1, -0.05) is 0 Å². The lowest BCUT2D eigenvalue weighted by molar-refractivity contribution is -0.129. The largest absolute Gasteiger partial charge is 0.472 e. The summed E-state index contributed by atoms with van der Waals surface area (Å²) in [6.07, 6.45) is 2.62. The maximum absolute atomic E-state index is 13.5. The van der Waals surface area contributed by atoms with Crippen LogP contribution in [0.15, 0.2) is 23.0 Å². The van der Waals surface area contributed by atoms with E-state index in [9.17, 15) is 14.0 Å². The van der Waals surface area contributed by atoms with Crippen molar-refractivity contribution >= 4 is 11.8 Å². The van der Waals surface area contributed by atoms with Gasteiger partial charge in [-0.3, -0.25) is 14.5 Å². The zero-order valence-corrected chi connectivity index (χ0v) is 12.0. The van der Waals surface area contributed by atoms with Gasteiger partial charge in [0.25, 0.3) is 0 Å². The van der Waals surface area contributed by atoms with Gasteiger partial charge in [0.15, 0.2) is 0 Å². The molecule has 1 saturated heterocycles. The molecule has 2 heterocycles. The van der Waals surface area contributed by atoms with Gasteiger partial charge in [-0.2, -0.15) is 0 Å². The average molecular weight is 297 g/mol. The fourth-order valence-electron chi connectivity index (χ4n) is 2.63. The Kier molecular flexibility index (Phi) is 4.95. The molecular formula is C14H20FN3O3. The molecule has 1 aromatic heterocycles. The second-order valence-corrected chi connectivity index (χ2v) is 5.47. The Morgan fingerprint density at radius 3 is 2.95 bits per heavy atom. The third kappa shape index (κ3) is 4.29. The van der Waals surface area contributed by atoms with Crippen molar-refractivity contribution in [3.05, 3.63) is 24.2 Å². The van der Waals surface area contributed by atoms with Crippen LogP contribution < -0.4 is 5.73 Å². The topological polar surface area (TPSA) is 79.8 Å². The summed E-state index contributed by atoms with van der Waals surface area (Å²) in [5.41, 5.74) is 5.97. The maximum Gasteiger partial charge on any atom is 0.231 e. The van der Waals surface area contributed by atoms with E-state index in [0.29, 0.717) is 13.0 Å². The predicted molar refractivity (Wildman–Crippen MR) is 74.1 cm³/mol. The summed E-state index contributed by atoms with van der Waals surface area (Å²) in [6.45, 7) is 0.594. The van der Waals surface area contributed by atoms with Crippen LogP contribution in [0.25, 0.3) is 0 Å². The van der Waals surface area contributed by atoms with E-state index in [1.807, 2.05) is 0 Å². The third-order valence-electron chi connectivity index (χ3n) is 3.68. The van der Waals surface area contributed by atoms with Crippen LogP contribution in [0.1, 0.15) is 12.0 Å². The Bertz CT molecular complexity index is 492. The third-order valence-corrected chi connectivity index (χ3v) is 3.68. The number of primary amides is 1. The molecule has 7 heteroatoms. The van der Waals surface area contributed by atoms with Crippen LogP contribution >= 0.6 is 0 Å². The summed E-state index contributed by atoms with van der Waals surface area (Å²) in [7, 11) is 1.68. The number of carbonyl (C=O) groups is 2. The highest BCUT2D eigenvalue weighted by Crippen LogP contribution is 2.20. The number of rotatable bonds is 6. The van der Waals surface area contributed by atoms with Gasteiger partial charge in [0.05, 0.1) is 25.5 Å². The van der Waals surface area contributed by atoms with Gasteiger partial charge in [0, 0.05) is 26.2 Å². The molecule has 6 nitrogen and oxygen atoms in total. The predicted octanol–water partition coefficient (Wildman–Crippen LogP) is 0.178. The van der Waals surface area contributed by atoms with Crippen molar-refractivity contribution < 1.29 is 18.4 Å². The first-order chi connectivity index (χ1) is 9.95. The summed E-state index contributed by atoms with van der Waals surface area (Å²) in [5, 5.41) is 0. The minimum absolute atomic E-state index is 0.0227. The lowest BCUT2D eigenvalue weighted by Crippen LogP contribution is -2.44.